The predicted molar refractivity (Wildman–Crippen MR) is 70.3 cm³/mol. The molecule has 90 valence electrons. The molecule has 2 aliphatic rings. The van der Waals surface area contributed by atoms with Gasteiger partial charge in [0, 0.05) is 17.5 Å². The number of benzene rings is 1. The summed E-state index contributed by atoms with van der Waals surface area (Å²) in [5, 5.41) is 6.41. The Bertz CT molecular complexity index is 474. The van der Waals surface area contributed by atoms with E-state index in [1.165, 1.54) is 10.5 Å². The topological polar surface area (TPSA) is 41.1 Å². The van der Waals surface area contributed by atoms with Crippen LogP contribution >= 0.6 is 11.8 Å². The summed E-state index contributed by atoms with van der Waals surface area (Å²) in [4.78, 5) is 12.8. The van der Waals surface area contributed by atoms with Crippen molar-refractivity contribution < 1.29 is 4.79 Å². The van der Waals surface area contributed by atoms with Crippen molar-refractivity contribution in [2.75, 3.05) is 11.9 Å². The number of carbonyl (C=O) groups is 1. The van der Waals surface area contributed by atoms with Crippen molar-refractivity contribution in [2.45, 2.75) is 30.0 Å². The van der Waals surface area contributed by atoms with E-state index < -0.39 is 0 Å². The molecule has 0 bridgehead atoms. The van der Waals surface area contributed by atoms with Crippen LogP contribution in [0.4, 0.5) is 5.69 Å². The van der Waals surface area contributed by atoms with Gasteiger partial charge in [0.25, 0.3) is 0 Å². The van der Waals surface area contributed by atoms with Gasteiger partial charge in [-0.25, -0.2) is 0 Å². The Morgan fingerprint density at radius 1 is 1.35 bits per heavy atom. The van der Waals surface area contributed by atoms with E-state index >= 15 is 0 Å². The zero-order chi connectivity index (χ0) is 12.0. The highest BCUT2D eigenvalue weighted by atomic mass is 32.2. The molecule has 17 heavy (non-hydrogen) atoms. The van der Waals surface area contributed by atoms with Crippen LogP contribution in [0.5, 0.6) is 0 Å². The third-order valence-corrected chi connectivity index (χ3v) is 4.70. The van der Waals surface area contributed by atoms with Gasteiger partial charge >= 0.3 is 0 Å². The lowest BCUT2D eigenvalue weighted by molar-refractivity contribution is -0.115. The summed E-state index contributed by atoms with van der Waals surface area (Å²) in [5.41, 5.74) is 2.24. The average molecular weight is 248 g/mol. The Kier molecular flexibility index (Phi) is 2.64. The van der Waals surface area contributed by atoms with Crippen molar-refractivity contribution in [3.05, 3.63) is 23.8 Å². The van der Waals surface area contributed by atoms with E-state index in [1.54, 1.807) is 11.8 Å². The lowest BCUT2D eigenvalue weighted by Gasteiger charge is -2.36. The van der Waals surface area contributed by atoms with Crippen LogP contribution in [0, 0.1) is 5.92 Å². The quantitative estimate of drug-likeness (QED) is 0.802. The first kappa shape index (κ1) is 11.1. The van der Waals surface area contributed by atoms with Crippen molar-refractivity contribution in [1.82, 2.24) is 5.32 Å². The molecule has 1 fully saturated rings. The smallest absolute Gasteiger partial charge is 0.237 e. The number of amides is 1. The summed E-state index contributed by atoms with van der Waals surface area (Å²) in [6, 6.07) is 6.85. The minimum Gasteiger partial charge on any atom is -0.324 e. The molecule has 0 radical (unpaired) electrons. The Morgan fingerprint density at radius 3 is 2.82 bits per heavy atom. The Balaban J connectivity index is 1.91. The maximum atomic E-state index is 11.6. The van der Waals surface area contributed by atoms with E-state index in [0.717, 1.165) is 12.2 Å². The van der Waals surface area contributed by atoms with E-state index in [9.17, 15) is 4.79 Å². The summed E-state index contributed by atoms with van der Waals surface area (Å²) in [7, 11) is 0. The lowest BCUT2D eigenvalue weighted by atomic mass is 9.87. The van der Waals surface area contributed by atoms with Gasteiger partial charge < -0.3 is 10.6 Å². The average Bonchev–Trinajstić information content (AvgIpc) is 2.29. The molecule has 2 aliphatic heterocycles. The van der Waals surface area contributed by atoms with Crippen LogP contribution in [0.2, 0.25) is 0 Å². The predicted octanol–water partition coefficient (Wildman–Crippen LogP) is 2.40. The summed E-state index contributed by atoms with van der Waals surface area (Å²) in [6.45, 7) is 5.27. The Labute approximate surface area is 105 Å². The SMILES string of the molecule is CC1Sc2ccc(C3NCC3C)cc2NC1=O. The van der Waals surface area contributed by atoms with Crippen LogP contribution in [-0.2, 0) is 4.79 Å². The van der Waals surface area contributed by atoms with Crippen LogP contribution in [0.25, 0.3) is 0 Å². The van der Waals surface area contributed by atoms with E-state index in [-0.39, 0.29) is 11.2 Å². The molecule has 4 heteroatoms. The van der Waals surface area contributed by atoms with Gasteiger partial charge in [-0.3, -0.25) is 4.79 Å². The molecule has 2 heterocycles. The van der Waals surface area contributed by atoms with Gasteiger partial charge in [0.2, 0.25) is 5.91 Å². The van der Waals surface area contributed by atoms with Gasteiger partial charge in [-0.05, 0) is 30.5 Å². The van der Waals surface area contributed by atoms with Crippen molar-refractivity contribution in [3.8, 4) is 0 Å². The van der Waals surface area contributed by atoms with Gasteiger partial charge in [0.1, 0.15) is 0 Å². The molecule has 1 aromatic carbocycles. The van der Waals surface area contributed by atoms with Gasteiger partial charge in [-0.15, -0.1) is 11.8 Å². The number of thioether (sulfide) groups is 1. The first-order chi connectivity index (χ1) is 8.15. The van der Waals surface area contributed by atoms with Gasteiger partial charge in [0.15, 0.2) is 0 Å². The van der Waals surface area contributed by atoms with Crippen LogP contribution in [-0.4, -0.2) is 17.7 Å². The lowest BCUT2D eigenvalue weighted by Crippen LogP contribution is -2.44. The number of carbonyl (C=O) groups excluding carboxylic acids is 1. The normalized spacial score (nSPS) is 31.4. The molecule has 0 aliphatic carbocycles. The van der Waals surface area contributed by atoms with Crippen LogP contribution in [0.15, 0.2) is 23.1 Å². The molecule has 0 saturated carbocycles. The molecule has 1 aromatic rings. The maximum absolute atomic E-state index is 11.6. The summed E-state index contributed by atoms with van der Waals surface area (Å²) >= 11 is 1.63. The van der Waals surface area contributed by atoms with Gasteiger partial charge in [-0.2, -0.15) is 0 Å². The number of hydrogen-bond donors (Lipinski definition) is 2. The van der Waals surface area contributed by atoms with Crippen LogP contribution in [0.3, 0.4) is 0 Å². The van der Waals surface area contributed by atoms with Crippen molar-refractivity contribution in [1.29, 1.82) is 0 Å². The molecule has 2 N–H and O–H groups in total. The monoisotopic (exact) mass is 248 g/mol. The van der Waals surface area contributed by atoms with E-state index in [0.29, 0.717) is 12.0 Å². The molecule has 1 amide bonds. The molecular weight excluding hydrogens is 232 g/mol. The summed E-state index contributed by atoms with van der Waals surface area (Å²) in [6.07, 6.45) is 0. The van der Waals surface area contributed by atoms with Crippen molar-refractivity contribution >= 4 is 23.4 Å². The van der Waals surface area contributed by atoms with Gasteiger partial charge in [0.05, 0.1) is 10.9 Å². The Morgan fingerprint density at radius 2 is 2.18 bits per heavy atom. The minimum atomic E-state index is 0.00843. The Hall–Kier alpha value is -1.00. The number of rotatable bonds is 1. The molecule has 0 aromatic heterocycles. The molecule has 1 saturated heterocycles. The summed E-state index contributed by atoms with van der Waals surface area (Å²) in [5.74, 6) is 0.785. The maximum Gasteiger partial charge on any atom is 0.237 e. The summed E-state index contributed by atoms with van der Waals surface area (Å²) < 4.78 is 0. The first-order valence-electron chi connectivity index (χ1n) is 6.00. The highest BCUT2D eigenvalue weighted by molar-refractivity contribution is 8.00. The fraction of sp³-hybridized carbons (Fsp3) is 0.462. The second kappa shape index (κ2) is 4.03. The zero-order valence-corrected chi connectivity index (χ0v) is 10.8. The van der Waals surface area contributed by atoms with Crippen LogP contribution in [0.1, 0.15) is 25.5 Å². The highest BCUT2D eigenvalue weighted by Crippen LogP contribution is 2.38. The highest BCUT2D eigenvalue weighted by Gasteiger charge is 2.29. The standard InChI is InChI=1S/C13H16N2OS/c1-7-6-14-12(7)9-3-4-11-10(5-9)15-13(16)8(2)17-11/h3-5,7-8,12,14H,6H2,1-2H3,(H,15,16). The number of nitrogens with one attached hydrogen (secondary N) is 2. The molecule has 3 atom stereocenters. The fourth-order valence-corrected chi connectivity index (χ4v) is 3.27. The van der Waals surface area contributed by atoms with Crippen molar-refractivity contribution in [3.63, 3.8) is 0 Å². The number of hydrogen-bond acceptors (Lipinski definition) is 3. The van der Waals surface area contributed by atoms with E-state index in [1.807, 2.05) is 6.92 Å². The second-order valence-corrected chi connectivity index (χ2v) is 6.25. The zero-order valence-electron chi connectivity index (χ0n) is 9.99. The van der Waals surface area contributed by atoms with Gasteiger partial charge in [-0.1, -0.05) is 13.0 Å². The molecular formula is C13H16N2OS. The number of fused-ring (bicyclic) bond motifs is 1. The molecule has 0 spiro atoms. The molecule has 3 nitrogen and oxygen atoms in total. The second-order valence-electron chi connectivity index (χ2n) is 4.87. The van der Waals surface area contributed by atoms with E-state index in [4.69, 9.17) is 0 Å². The third kappa shape index (κ3) is 1.85. The van der Waals surface area contributed by atoms with E-state index in [2.05, 4.69) is 35.8 Å². The third-order valence-electron chi connectivity index (χ3n) is 3.52. The molecule has 3 unspecified atom stereocenters. The van der Waals surface area contributed by atoms with Crippen LogP contribution < -0.4 is 10.6 Å². The minimum absolute atomic E-state index is 0.00843. The first-order valence-corrected chi connectivity index (χ1v) is 6.88. The fourth-order valence-electron chi connectivity index (χ4n) is 2.34. The molecule has 3 rings (SSSR count). The largest absolute Gasteiger partial charge is 0.324 e. The number of anilines is 1. The van der Waals surface area contributed by atoms with Crippen molar-refractivity contribution in [2.24, 2.45) is 5.92 Å².